The van der Waals surface area contributed by atoms with E-state index in [4.69, 9.17) is 16.3 Å². The predicted octanol–water partition coefficient (Wildman–Crippen LogP) is 2.15. The lowest BCUT2D eigenvalue weighted by molar-refractivity contribution is -0.384. The van der Waals surface area contributed by atoms with Crippen LogP contribution < -0.4 is 16.2 Å². The number of benzene rings is 2. The van der Waals surface area contributed by atoms with Gasteiger partial charge in [-0.2, -0.15) is 0 Å². The molecule has 0 aliphatic rings. The van der Waals surface area contributed by atoms with Gasteiger partial charge in [0.25, 0.3) is 23.4 Å². The molecule has 2 aromatic rings. The third-order valence-corrected chi connectivity index (χ3v) is 4.70. The number of hydrogen-bond donors (Lipinski definition) is 3. The van der Waals surface area contributed by atoms with Crippen LogP contribution in [0.1, 0.15) is 34.6 Å². The van der Waals surface area contributed by atoms with Crippen LogP contribution in [0.5, 0.6) is 0 Å². The third-order valence-electron chi connectivity index (χ3n) is 4.38. The quantitative estimate of drug-likeness (QED) is 0.288. The van der Waals surface area contributed by atoms with Gasteiger partial charge in [0.1, 0.15) is 16.9 Å². The van der Waals surface area contributed by atoms with Gasteiger partial charge in [-0.15, -0.1) is 0 Å². The maximum Gasteiger partial charge on any atom is 0.329 e. The molecule has 0 saturated heterocycles. The van der Waals surface area contributed by atoms with Crippen molar-refractivity contribution in [1.29, 1.82) is 0 Å². The van der Waals surface area contributed by atoms with Gasteiger partial charge < -0.3 is 10.1 Å². The van der Waals surface area contributed by atoms with E-state index in [9.17, 15) is 33.7 Å². The molecular formula is C21H20ClFN4O7. The molecule has 0 aliphatic carbocycles. The summed E-state index contributed by atoms with van der Waals surface area (Å²) in [6, 6.07) is 6.79. The molecule has 0 spiro atoms. The molecule has 0 fully saturated rings. The Balaban J connectivity index is 1.92. The zero-order chi connectivity index (χ0) is 25.4. The normalized spacial score (nSPS) is 11.3. The summed E-state index contributed by atoms with van der Waals surface area (Å²) in [5.41, 5.74) is 3.62. The number of nitrogens with one attached hydrogen (secondary N) is 3. The second-order valence-corrected chi connectivity index (χ2v) is 7.64. The average Bonchev–Trinajstić information content (AvgIpc) is 2.79. The Hall–Kier alpha value is -4.06. The zero-order valence-corrected chi connectivity index (χ0v) is 18.7. The van der Waals surface area contributed by atoms with E-state index in [0.29, 0.717) is 0 Å². The van der Waals surface area contributed by atoms with Crippen molar-refractivity contribution in [1.82, 2.24) is 16.2 Å². The Morgan fingerprint density at radius 1 is 1.03 bits per heavy atom. The fourth-order valence-electron chi connectivity index (χ4n) is 2.58. The van der Waals surface area contributed by atoms with Crippen molar-refractivity contribution < 1.29 is 33.2 Å². The molecule has 0 bridgehead atoms. The second kappa shape index (κ2) is 11.7. The SMILES string of the molecule is CC(C)[C@@H](NC(=O)c1ccc(Cl)c([N+](=O)[O-])c1)C(=O)OCC(=O)NNC(=O)c1ccc(F)cc1. The molecule has 0 saturated carbocycles. The van der Waals surface area contributed by atoms with Crippen LogP contribution in [0.3, 0.4) is 0 Å². The molecule has 3 N–H and O–H groups in total. The molecule has 2 rings (SSSR count). The van der Waals surface area contributed by atoms with Gasteiger partial charge in [0.05, 0.1) is 4.92 Å². The van der Waals surface area contributed by atoms with E-state index in [-0.39, 0.29) is 16.1 Å². The molecular weight excluding hydrogens is 475 g/mol. The predicted molar refractivity (Wildman–Crippen MR) is 117 cm³/mol. The largest absolute Gasteiger partial charge is 0.454 e. The van der Waals surface area contributed by atoms with Crippen molar-refractivity contribution in [3.63, 3.8) is 0 Å². The number of hydrogen-bond acceptors (Lipinski definition) is 7. The Morgan fingerprint density at radius 3 is 2.24 bits per heavy atom. The van der Waals surface area contributed by atoms with Crippen LogP contribution in [0.15, 0.2) is 42.5 Å². The molecule has 0 radical (unpaired) electrons. The standard InChI is InChI=1S/C21H20ClFN4O7/c1-11(2)18(24-19(29)13-5-8-15(22)16(9-13)27(32)33)21(31)34-10-17(28)25-26-20(30)12-3-6-14(23)7-4-12/h3-9,11,18H,10H2,1-2H3,(H,24,29)(H,25,28)(H,26,30)/t18-/m1/s1. The Kier molecular flexibility index (Phi) is 9.01. The number of hydrazine groups is 1. The summed E-state index contributed by atoms with van der Waals surface area (Å²) in [6.45, 7) is 2.45. The summed E-state index contributed by atoms with van der Waals surface area (Å²) in [4.78, 5) is 58.9. The lowest BCUT2D eigenvalue weighted by Crippen LogP contribution is -2.47. The lowest BCUT2D eigenvalue weighted by Gasteiger charge is -2.20. The topological polar surface area (TPSA) is 157 Å². The number of nitro benzene ring substituents is 1. The highest BCUT2D eigenvalue weighted by molar-refractivity contribution is 6.32. The number of esters is 1. The minimum Gasteiger partial charge on any atom is -0.454 e. The maximum absolute atomic E-state index is 12.9. The van der Waals surface area contributed by atoms with Crippen molar-refractivity contribution in [2.45, 2.75) is 19.9 Å². The number of nitro groups is 1. The van der Waals surface area contributed by atoms with Gasteiger partial charge in [0, 0.05) is 17.2 Å². The van der Waals surface area contributed by atoms with Gasteiger partial charge in [0.15, 0.2) is 6.61 Å². The molecule has 11 nitrogen and oxygen atoms in total. The highest BCUT2D eigenvalue weighted by atomic mass is 35.5. The van der Waals surface area contributed by atoms with E-state index in [2.05, 4.69) is 10.7 Å². The second-order valence-electron chi connectivity index (χ2n) is 7.24. The molecule has 13 heteroatoms. The van der Waals surface area contributed by atoms with E-state index in [1.807, 2.05) is 5.43 Å². The molecule has 1 atom stereocenters. The van der Waals surface area contributed by atoms with E-state index in [1.54, 1.807) is 13.8 Å². The summed E-state index contributed by atoms with van der Waals surface area (Å²) in [7, 11) is 0. The third kappa shape index (κ3) is 7.24. The summed E-state index contributed by atoms with van der Waals surface area (Å²) in [6.07, 6.45) is 0. The average molecular weight is 495 g/mol. The molecule has 180 valence electrons. The first-order valence-corrected chi connectivity index (χ1v) is 10.1. The fraction of sp³-hybridized carbons (Fsp3) is 0.238. The molecule has 0 unspecified atom stereocenters. The van der Waals surface area contributed by atoms with E-state index in [1.165, 1.54) is 24.3 Å². The number of ether oxygens (including phenoxy) is 1. The summed E-state index contributed by atoms with van der Waals surface area (Å²) >= 11 is 5.73. The number of carbonyl (C=O) groups excluding carboxylic acids is 4. The molecule has 0 heterocycles. The van der Waals surface area contributed by atoms with Crippen LogP contribution >= 0.6 is 11.6 Å². The number of carbonyl (C=O) groups is 4. The van der Waals surface area contributed by atoms with Crippen LogP contribution in [0.2, 0.25) is 5.02 Å². The first kappa shape index (κ1) is 26.2. The highest BCUT2D eigenvalue weighted by Gasteiger charge is 2.27. The number of amides is 3. The zero-order valence-electron chi connectivity index (χ0n) is 18.0. The molecule has 2 aromatic carbocycles. The van der Waals surface area contributed by atoms with Gasteiger partial charge in [-0.1, -0.05) is 25.4 Å². The van der Waals surface area contributed by atoms with E-state index < -0.39 is 58.7 Å². The van der Waals surface area contributed by atoms with Crippen LogP contribution in [0, 0.1) is 21.8 Å². The number of halogens is 2. The van der Waals surface area contributed by atoms with Crippen LogP contribution in [-0.4, -0.2) is 41.3 Å². The number of nitrogens with zero attached hydrogens (tertiary/aromatic N) is 1. The Labute approximate surface area is 197 Å². The summed E-state index contributed by atoms with van der Waals surface area (Å²) in [5, 5.41) is 13.3. The first-order chi connectivity index (χ1) is 16.0. The van der Waals surface area contributed by atoms with Gasteiger partial charge in [0.2, 0.25) is 0 Å². The van der Waals surface area contributed by atoms with Crippen LogP contribution in [0.25, 0.3) is 0 Å². The Morgan fingerprint density at radius 2 is 1.65 bits per heavy atom. The monoisotopic (exact) mass is 494 g/mol. The Bertz CT molecular complexity index is 1110. The molecule has 34 heavy (non-hydrogen) atoms. The van der Waals surface area contributed by atoms with Gasteiger partial charge in [-0.05, 0) is 42.3 Å². The van der Waals surface area contributed by atoms with Crippen LogP contribution in [0.4, 0.5) is 10.1 Å². The molecule has 0 aromatic heterocycles. The molecule has 0 aliphatic heterocycles. The minimum atomic E-state index is -1.18. The maximum atomic E-state index is 12.9. The minimum absolute atomic E-state index is 0.0868. The van der Waals surface area contributed by atoms with Gasteiger partial charge >= 0.3 is 5.97 Å². The summed E-state index contributed by atoms with van der Waals surface area (Å²) in [5.74, 6) is -4.30. The van der Waals surface area contributed by atoms with Crippen molar-refractivity contribution >= 4 is 41.0 Å². The van der Waals surface area contributed by atoms with Crippen molar-refractivity contribution in [2.24, 2.45) is 5.92 Å². The van der Waals surface area contributed by atoms with Crippen molar-refractivity contribution in [3.05, 3.63) is 74.5 Å². The van der Waals surface area contributed by atoms with Crippen molar-refractivity contribution in [2.75, 3.05) is 6.61 Å². The smallest absolute Gasteiger partial charge is 0.329 e. The van der Waals surface area contributed by atoms with Crippen molar-refractivity contribution in [3.8, 4) is 0 Å². The van der Waals surface area contributed by atoms with E-state index >= 15 is 0 Å². The first-order valence-electron chi connectivity index (χ1n) is 9.75. The molecule has 3 amide bonds. The lowest BCUT2D eigenvalue weighted by atomic mass is 10.0. The number of rotatable bonds is 8. The van der Waals surface area contributed by atoms with Gasteiger partial charge in [-0.3, -0.25) is 35.3 Å². The van der Waals surface area contributed by atoms with Crippen LogP contribution in [-0.2, 0) is 14.3 Å². The highest BCUT2D eigenvalue weighted by Crippen LogP contribution is 2.25. The van der Waals surface area contributed by atoms with Gasteiger partial charge in [-0.25, -0.2) is 9.18 Å². The fourth-order valence-corrected chi connectivity index (χ4v) is 2.77. The van der Waals surface area contributed by atoms with E-state index in [0.717, 1.165) is 18.2 Å². The summed E-state index contributed by atoms with van der Waals surface area (Å²) < 4.78 is 17.8.